The summed E-state index contributed by atoms with van der Waals surface area (Å²) >= 11 is 3.03. The largest absolute Gasteiger partial charge is 0.493 e. The number of halogens is 2. The zero-order chi connectivity index (χ0) is 14.6. The Hall–Kier alpha value is -1.63. The van der Waals surface area contributed by atoms with E-state index in [0.29, 0.717) is 0 Å². The Kier molecular flexibility index (Phi) is 5.29. The maximum Gasteiger partial charge on any atom is 0.379 e. The topological polar surface area (TPSA) is 61.8 Å². The van der Waals surface area contributed by atoms with Gasteiger partial charge in [0.15, 0.2) is 11.5 Å². The number of hydrogen-bond acceptors (Lipinski definition) is 5. The van der Waals surface area contributed by atoms with Gasteiger partial charge in [0.2, 0.25) is 0 Å². The number of ether oxygens (including phenoxy) is 3. The van der Waals surface area contributed by atoms with Crippen molar-refractivity contribution in [3.8, 4) is 11.5 Å². The van der Waals surface area contributed by atoms with Crippen molar-refractivity contribution in [3.05, 3.63) is 21.9 Å². The second-order valence-electron chi connectivity index (χ2n) is 3.33. The van der Waals surface area contributed by atoms with Crippen LogP contribution in [0.4, 0.5) is 4.39 Å². The standard InChI is InChI=1S/C12H12BrFO5/c1-4-19-12(16)10(15)8-6(14)5-7(17-2)11(18-3)9(8)13/h5H,4H2,1-3H3. The van der Waals surface area contributed by atoms with Crippen LogP contribution in [0.2, 0.25) is 0 Å². The molecule has 0 amide bonds. The predicted octanol–water partition coefficient (Wildman–Crippen LogP) is 2.35. The summed E-state index contributed by atoms with van der Waals surface area (Å²) in [5, 5.41) is 0. The molecule has 0 atom stereocenters. The van der Waals surface area contributed by atoms with Crippen molar-refractivity contribution < 1.29 is 28.2 Å². The molecule has 1 rings (SSSR count). The molecule has 1 aromatic rings. The van der Waals surface area contributed by atoms with Crippen LogP contribution in [-0.4, -0.2) is 32.6 Å². The third-order valence-corrected chi connectivity index (χ3v) is 3.01. The molecule has 7 heteroatoms. The van der Waals surface area contributed by atoms with Gasteiger partial charge in [-0.25, -0.2) is 9.18 Å². The molecule has 104 valence electrons. The first kappa shape index (κ1) is 15.4. The third-order valence-electron chi connectivity index (χ3n) is 2.25. The van der Waals surface area contributed by atoms with Gasteiger partial charge < -0.3 is 14.2 Å². The van der Waals surface area contributed by atoms with Crippen molar-refractivity contribution in [1.82, 2.24) is 0 Å². The highest BCUT2D eigenvalue weighted by molar-refractivity contribution is 9.10. The molecule has 0 N–H and O–H groups in total. The van der Waals surface area contributed by atoms with Crippen molar-refractivity contribution in [2.24, 2.45) is 0 Å². The summed E-state index contributed by atoms with van der Waals surface area (Å²) in [7, 11) is 2.66. The van der Waals surface area contributed by atoms with E-state index in [1.54, 1.807) is 6.92 Å². The highest BCUT2D eigenvalue weighted by Crippen LogP contribution is 2.39. The van der Waals surface area contributed by atoms with Gasteiger partial charge in [-0.05, 0) is 22.9 Å². The first-order valence-corrected chi connectivity index (χ1v) is 6.08. The second-order valence-corrected chi connectivity index (χ2v) is 4.13. The van der Waals surface area contributed by atoms with Crippen LogP contribution in [-0.2, 0) is 9.53 Å². The van der Waals surface area contributed by atoms with Gasteiger partial charge in [-0.3, -0.25) is 4.79 Å². The Labute approximate surface area is 117 Å². The van der Waals surface area contributed by atoms with Crippen molar-refractivity contribution in [2.45, 2.75) is 6.92 Å². The second kappa shape index (κ2) is 6.51. The van der Waals surface area contributed by atoms with Crippen LogP contribution in [0.3, 0.4) is 0 Å². The van der Waals surface area contributed by atoms with Gasteiger partial charge >= 0.3 is 5.97 Å². The van der Waals surface area contributed by atoms with Crippen LogP contribution < -0.4 is 9.47 Å². The average Bonchev–Trinajstić information content (AvgIpc) is 2.38. The van der Waals surface area contributed by atoms with E-state index in [1.807, 2.05) is 0 Å². The molecule has 0 aromatic heterocycles. The number of rotatable bonds is 5. The van der Waals surface area contributed by atoms with Crippen LogP contribution in [0.1, 0.15) is 17.3 Å². The Balaban J connectivity index is 3.36. The van der Waals surface area contributed by atoms with E-state index in [-0.39, 0.29) is 22.6 Å². The molecule has 0 radical (unpaired) electrons. The first-order chi connectivity index (χ1) is 8.97. The summed E-state index contributed by atoms with van der Waals surface area (Å²) < 4.78 is 28.4. The highest BCUT2D eigenvalue weighted by atomic mass is 79.9. The summed E-state index contributed by atoms with van der Waals surface area (Å²) in [6.07, 6.45) is 0. The minimum absolute atomic E-state index is 0.00454. The van der Waals surface area contributed by atoms with Crippen LogP contribution in [0.5, 0.6) is 11.5 Å². The van der Waals surface area contributed by atoms with Gasteiger partial charge in [0.05, 0.1) is 30.9 Å². The molecule has 5 nitrogen and oxygen atoms in total. The fraction of sp³-hybridized carbons (Fsp3) is 0.333. The summed E-state index contributed by atoms with van der Waals surface area (Å²) in [6, 6.07) is 0.968. The van der Waals surface area contributed by atoms with E-state index in [4.69, 9.17) is 9.47 Å². The van der Waals surface area contributed by atoms with Crippen molar-refractivity contribution in [3.63, 3.8) is 0 Å². The van der Waals surface area contributed by atoms with E-state index in [2.05, 4.69) is 20.7 Å². The van der Waals surface area contributed by atoms with Gasteiger partial charge in [-0.2, -0.15) is 0 Å². The summed E-state index contributed by atoms with van der Waals surface area (Å²) in [5.74, 6) is -2.90. The fourth-order valence-electron chi connectivity index (χ4n) is 1.43. The number of carbonyl (C=O) groups excluding carboxylic acids is 2. The quantitative estimate of drug-likeness (QED) is 0.470. The van der Waals surface area contributed by atoms with E-state index in [0.717, 1.165) is 6.07 Å². The maximum atomic E-state index is 13.9. The number of benzene rings is 1. The zero-order valence-corrected chi connectivity index (χ0v) is 12.2. The molecule has 0 unspecified atom stereocenters. The van der Waals surface area contributed by atoms with Gasteiger partial charge in [0.25, 0.3) is 5.78 Å². The number of carbonyl (C=O) groups is 2. The third kappa shape index (κ3) is 3.04. The maximum absolute atomic E-state index is 13.9. The molecule has 1 aromatic carbocycles. The van der Waals surface area contributed by atoms with E-state index in [1.165, 1.54) is 14.2 Å². The van der Waals surface area contributed by atoms with Crippen LogP contribution in [0.15, 0.2) is 10.5 Å². The number of esters is 1. The Morgan fingerprint density at radius 2 is 1.95 bits per heavy atom. The van der Waals surface area contributed by atoms with Crippen molar-refractivity contribution in [2.75, 3.05) is 20.8 Å². The van der Waals surface area contributed by atoms with Crippen LogP contribution >= 0.6 is 15.9 Å². The minimum Gasteiger partial charge on any atom is -0.493 e. The predicted molar refractivity (Wildman–Crippen MR) is 68.2 cm³/mol. The fourth-order valence-corrected chi connectivity index (χ4v) is 2.15. The average molecular weight is 335 g/mol. The summed E-state index contributed by atoms with van der Waals surface area (Å²) in [5.41, 5.74) is -0.448. The highest BCUT2D eigenvalue weighted by Gasteiger charge is 2.28. The van der Waals surface area contributed by atoms with E-state index >= 15 is 0 Å². The summed E-state index contributed by atoms with van der Waals surface area (Å²) in [4.78, 5) is 23.2. The monoisotopic (exact) mass is 334 g/mol. The smallest absolute Gasteiger partial charge is 0.379 e. The molecule has 0 aliphatic rings. The first-order valence-electron chi connectivity index (χ1n) is 5.29. The molecule has 0 saturated heterocycles. The van der Waals surface area contributed by atoms with Gasteiger partial charge in [0.1, 0.15) is 5.82 Å². The molecule has 0 saturated carbocycles. The van der Waals surface area contributed by atoms with E-state index in [9.17, 15) is 14.0 Å². The number of hydrogen-bond donors (Lipinski definition) is 0. The Bertz CT molecular complexity index is 515. The van der Waals surface area contributed by atoms with Gasteiger partial charge in [-0.15, -0.1) is 0 Å². The molecule has 0 aliphatic carbocycles. The van der Waals surface area contributed by atoms with Crippen molar-refractivity contribution >= 4 is 27.7 Å². The minimum atomic E-state index is -1.13. The molecular formula is C12H12BrFO5. The Morgan fingerprint density at radius 3 is 2.42 bits per heavy atom. The number of Topliss-reactive ketones (excluding diaryl/α,β-unsaturated/α-hetero) is 1. The molecule has 0 fully saturated rings. The van der Waals surface area contributed by atoms with Crippen LogP contribution in [0, 0.1) is 5.82 Å². The lowest BCUT2D eigenvalue weighted by atomic mass is 10.1. The molecule has 0 spiro atoms. The van der Waals surface area contributed by atoms with Gasteiger partial charge in [-0.1, -0.05) is 0 Å². The molecule has 0 heterocycles. The molecular weight excluding hydrogens is 323 g/mol. The summed E-state index contributed by atoms with van der Waals surface area (Å²) in [6.45, 7) is 1.57. The van der Waals surface area contributed by atoms with Gasteiger partial charge in [0, 0.05) is 6.07 Å². The van der Waals surface area contributed by atoms with E-state index < -0.39 is 23.1 Å². The lowest BCUT2D eigenvalue weighted by Gasteiger charge is -2.13. The van der Waals surface area contributed by atoms with Crippen molar-refractivity contribution in [1.29, 1.82) is 0 Å². The Morgan fingerprint density at radius 1 is 1.32 bits per heavy atom. The zero-order valence-electron chi connectivity index (χ0n) is 10.6. The molecule has 19 heavy (non-hydrogen) atoms. The van der Waals surface area contributed by atoms with Crippen LogP contribution in [0.25, 0.3) is 0 Å². The normalized spacial score (nSPS) is 9.95. The SMILES string of the molecule is CCOC(=O)C(=O)c1c(F)cc(OC)c(OC)c1Br. The lowest BCUT2D eigenvalue weighted by molar-refractivity contribution is -0.137. The number of ketones is 1. The lowest BCUT2D eigenvalue weighted by Crippen LogP contribution is -2.19. The molecule has 0 aliphatic heterocycles. The molecule has 0 bridgehead atoms. The number of methoxy groups -OCH3 is 2.